The Labute approximate surface area is 122 Å². The minimum Gasteiger partial charge on any atom is -0.497 e. The number of nitrogens with two attached hydrogens (primary N) is 1. The normalized spacial score (nSPS) is 15.9. The first-order valence-corrected chi connectivity index (χ1v) is 7.19. The third kappa shape index (κ3) is 4.20. The van der Waals surface area contributed by atoms with Crippen LogP contribution in [0.2, 0.25) is 0 Å². The molecule has 2 N–H and O–H groups in total. The highest BCUT2D eigenvalue weighted by Crippen LogP contribution is 2.27. The van der Waals surface area contributed by atoms with Crippen LogP contribution in [0.3, 0.4) is 0 Å². The van der Waals surface area contributed by atoms with E-state index in [1.54, 1.807) is 14.2 Å². The van der Waals surface area contributed by atoms with Crippen LogP contribution in [-0.2, 0) is 4.74 Å². The largest absolute Gasteiger partial charge is 0.497 e. The second kappa shape index (κ2) is 8.25. The zero-order valence-corrected chi connectivity index (χ0v) is 13.3. The van der Waals surface area contributed by atoms with E-state index in [9.17, 15) is 0 Å². The minimum atomic E-state index is 0.0441. The van der Waals surface area contributed by atoms with Crippen molar-refractivity contribution in [2.24, 2.45) is 5.73 Å². The lowest BCUT2D eigenvalue weighted by molar-refractivity contribution is 0.0654. The molecular weight excluding hydrogens is 252 g/mol. The van der Waals surface area contributed by atoms with E-state index in [4.69, 9.17) is 15.2 Å². The zero-order valence-electron chi connectivity index (χ0n) is 13.3. The van der Waals surface area contributed by atoms with Gasteiger partial charge in [0.25, 0.3) is 0 Å². The molecule has 0 aliphatic heterocycles. The summed E-state index contributed by atoms with van der Waals surface area (Å²) in [5, 5.41) is 0. The lowest BCUT2D eigenvalue weighted by atomic mass is 9.97. The maximum Gasteiger partial charge on any atom is 0.118 e. The molecule has 3 unspecified atom stereocenters. The molecule has 20 heavy (non-hydrogen) atoms. The first-order valence-electron chi connectivity index (χ1n) is 7.19. The van der Waals surface area contributed by atoms with Crippen LogP contribution in [0.4, 0.5) is 0 Å². The van der Waals surface area contributed by atoms with Crippen molar-refractivity contribution in [3.05, 3.63) is 29.8 Å². The smallest absolute Gasteiger partial charge is 0.118 e. The molecule has 4 heteroatoms. The monoisotopic (exact) mass is 280 g/mol. The number of hydrogen-bond acceptors (Lipinski definition) is 4. The van der Waals surface area contributed by atoms with Crippen molar-refractivity contribution in [3.63, 3.8) is 0 Å². The first kappa shape index (κ1) is 17.0. The standard InChI is InChI=1S/C16H28N2O2/c1-6-18(12(2)11-19-4)16(13(3)17)14-7-9-15(20-5)10-8-14/h7-10,12-13,16H,6,11,17H2,1-5H3. The molecule has 0 aliphatic rings. The summed E-state index contributed by atoms with van der Waals surface area (Å²) in [5.74, 6) is 0.866. The Bertz CT molecular complexity index is 379. The van der Waals surface area contributed by atoms with E-state index in [1.165, 1.54) is 5.56 Å². The van der Waals surface area contributed by atoms with Crippen LogP contribution in [0.15, 0.2) is 24.3 Å². The quantitative estimate of drug-likeness (QED) is 0.794. The minimum absolute atomic E-state index is 0.0441. The SMILES string of the molecule is CCN(C(C)COC)C(c1ccc(OC)cc1)C(C)N. The summed E-state index contributed by atoms with van der Waals surface area (Å²) in [6.07, 6.45) is 0. The molecule has 0 saturated heterocycles. The van der Waals surface area contributed by atoms with Crippen LogP contribution < -0.4 is 10.5 Å². The van der Waals surface area contributed by atoms with Gasteiger partial charge in [0.05, 0.1) is 13.7 Å². The van der Waals surface area contributed by atoms with Gasteiger partial charge in [-0.1, -0.05) is 19.1 Å². The number of hydrogen-bond donors (Lipinski definition) is 1. The summed E-state index contributed by atoms with van der Waals surface area (Å²) in [5.41, 5.74) is 7.45. The van der Waals surface area contributed by atoms with Gasteiger partial charge >= 0.3 is 0 Å². The molecule has 1 rings (SSSR count). The Balaban J connectivity index is 3.01. The molecule has 3 atom stereocenters. The van der Waals surface area contributed by atoms with Crippen LogP contribution in [0, 0.1) is 0 Å². The number of ether oxygens (including phenoxy) is 2. The lowest BCUT2D eigenvalue weighted by Crippen LogP contribution is -2.45. The highest BCUT2D eigenvalue weighted by molar-refractivity contribution is 5.30. The van der Waals surface area contributed by atoms with E-state index in [2.05, 4.69) is 37.8 Å². The van der Waals surface area contributed by atoms with Gasteiger partial charge in [-0.3, -0.25) is 4.90 Å². The van der Waals surface area contributed by atoms with E-state index in [1.807, 2.05) is 12.1 Å². The van der Waals surface area contributed by atoms with Crippen molar-refractivity contribution in [3.8, 4) is 5.75 Å². The molecular formula is C16H28N2O2. The Morgan fingerprint density at radius 3 is 2.15 bits per heavy atom. The average molecular weight is 280 g/mol. The van der Waals surface area contributed by atoms with Gasteiger partial charge in [-0.25, -0.2) is 0 Å². The summed E-state index contributed by atoms with van der Waals surface area (Å²) in [7, 11) is 3.41. The van der Waals surface area contributed by atoms with E-state index in [0.717, 1.165) is 12.3 Å². The molecule has 0 fully saturated rings. The summed E-state index contributed by atoms with van der Waals surface area (Å²) < 4.78 is 10.5. The highest BCUT2D eigenvalue weighted by Gasteiger charge is 2.26. The number of methoxy groups -OCH3 is 2. The molecule has 1 aromatic rings. The molecule has 114 valence electrons. The molecule has 0 amide bonds. The molecule has 0 spiro atoms. The average Bonchev–Trinajstić information content (AvgIpc) is 2.44. The van der Waals surface area contributed by atoms with Gasteiger partial charge in [-0.05, 0) is 38.1 Å². The topological polar surface area (TPSA) is 47.7 Å². The van der Waals surface area contributed by atoms with Crippen molar-refractivity contribution in [1.29, 1.82) is 0 Å². The second-order valence-corrected chi connectivity index (χ2v) is 5.21. The first-order chi connectivity index (χ1) is 9.54. The van der Waals surface area contributed by atoms with Crippen molar-refractivity contribution in [1.82, 2.24) is 4.90 Å². The molecule has 0 aromatic heterocycles. The molecule has 0 bridgehead atoms. The van der Waals surface area contributed by atoms with Gasteiger partial charge in [0.2, 0.25) is 0 Å². The maximum absolute atomic E-state index is 6.24. The fourth-order valence-corrected chi connectivity index (χ4v) is 2.72. The molecule has 0 aliphatic carbocycles. The van der Waals surface area contributed by atoms with Crippen LogP contribution in [0.1, 0.15) is 32.4 Å². The molecule has 4 nitrogen and oxygen atoms in total. The predicted molar refractivity (Wildman–Crippen MR) is 83.1 cm³/mol. The Morgan fingerprint density at radius 1 is 1.15 bits per heavy atom. The Hall–Kier alpha value is -1.10. The van der Waals surface area contributed by atoms with E-state index in [0.29, 0.717) is 12.6 Å². The third-order valence-electron chi connectivity index (χ3n) is 3.65. The van der Waals surface area contributed by atoms with E-state index < -0.39 is 0 Å². The molecule has 0 saturated carbocycles. The number of nitrogens with zero attached hydrogens (tertiary/aromatic N) is 1. The van der Waals surface area contributed by atoms with Crippen molar-refractivity contribution >= 4 is 0 Å². The van der Waals surface area contributed by atoms with Gasteiger partial charge in [0.1, 0.15) is 5.75 Å². The van der Waals surface area contributed by atoms with Gasteiger partial charge in [0.15, 0.2) is 0 Å². The van der Waals surface area contributed by atoms with Crippen LogP contribution in [-0.4, -0.2) is 44.4 Å². The maximum atomic E-state index is 6.24. The van der Waals surface area contributed by atoms with Crippen LogP contribution in [0.5, 0.6) is 5.75 Å². The Kier molecular flexibility index (Phi) is 6.99. The molecule has 0 radical (unpaired) electrons. The number of benzene rings is 1. The van der Waals surface area contributed by atoms with Crippen LogP contribution in [0.25, 0.3) is 0 Å². The second-order valence-electron chi connectivity index (χ2n) is 5.21. The predicted octanol–water partition coefficient (Wildman–Crippen LogP) is 2.44. The van der Waals surface area contributed by atoms with Crippen LogP contribution >= 0.6 is 0 Å². The fraction of sp³-hybridized carbons (Fsp3) is 0.625. The van der Waals surface area contributed by atoms with Crippen molar-refractivity contribution < 1.29 is 9.47 Å². The molecule has 0 heterocycles. The summed E-state index contributed by atoms with van der Waals surface area (Å²) >= 11 is 0. The fourth-order valence-electron chi connectivity index (χ4n) is 2.72. The van der Waals surface area contributed by atoms with Gasteiger partial charge in [-0.2, -0.15) is 0 Å². The summed E-state index contributed by atoms with van der Waals surface area (Å²) in [6, 6.07) is 8.70. The third-order valence-corrected chi connectivity index (χ3v) is 3.65. The van der Waals surface area contributed by atoms with Gasteiger partial charge in [0, 0.05) is 25.2 Å². The highest BCUT2D eigenvalue weighted by atomic mass is 16.5. The van der Waals surface area contributed by atoms with E-state index >= 15 is 0 Å². The molecule has 1 aromatic carbocycles. The summed E-state index contributed by atoms with van der Waals surface area (Å²) in [4.78, 5) is 2.38. The van der Waals surface area contributed by atoms with E-state index in [-0.39, 0.29) is 12.1 Å². The number of likely N-dealkylation sites (N-methyl/N-ethyl adjacent to an activating group) is 1. The van der Waals surface area contributed by atoms with Crippen molar-refractivity contribution in [2.45, 2.75) is 38.9 Å². The number of rotatable bonds is 8. The lowest BCUT2D eigenvalue weighted by Gasteiger charge is -2.38. The zero-order chi connectivity index (χ0) is 15.1. The van der Waals surface area contributed by atoms with Gasteiger partial charge in [-0.15, -0.1) is 0 Å². The van der Waals surface area contributed by atoms with Crippen molar-refractivity contribution in [2.75, 3.05) is 27.4 Å². The Morgan fingerprint density at radius 2 is 1.75 bits per heavy atom. The van der Waals surface area contributed by atoms with Gasteiger partial charge < -0.3 is 15.2 Å². The summed E-state index contributed by atoms with van der Waals surface area (Å²) in [6.45, 7) is 8.02.